The summed E-state index contributed by atoms with van der Waals surface area (Å²) in [6, 6.07) is 0.757. The van der Waals surface area contributed by atoms with Gasteiger partial charge in [-0.2, -0.15) is 0 Å². The normalized spacial score (nSPS) is 46.9. The topological polar surface area (TPSA) is 24.5 Å². The summed E-state index contributed by atoms with van der Waals surface area (Å²) >= 11 is 0. The van der Waals surface area contributed by atoms with E-state index in [-0.39, 0.29) is 5.60 Å². The number of ether oxygens (including phenoxy) is 1. The monoisotopic (exact) mass is 312 g/mol. The van der Waals surface area contributed by atoms with Crippen molar-refractivity contribution in [1.82, 2.24) is 10.2 Å². The first-order chi connectivity index (χ1) is 11.3. The molecule has 4 aliphatic heterocycles. The van der Waals surface area contributed by atoms with E-state index in [1.165, 1.54) is 43.7 Å². The van der Waals surface area contributed by atoms with Crippen LogP contribution in [0.5, 0.6) is 0 Å². The number of allylic oxidation sites excluding steroid dienone is 2. The third-order valence-electron chi connectivity index (χ3n) is 7.25. The molecule has 0 aromatic carbocycles. The van der Waals surface area contributed by atoms with Crippen LogP contribution in [0.25, 0.3) is 0 Å². The third kappa shape index (κ3) is 1.78. The van der Waals surface area contributed by atoms with Gasteiger partial charge in [0.2, 0.25) is 0 Å². The van der Waals surface area contributed by atoms with Gasteiger partial charge in [-0.15, -0.1) is 0 Å². The highest BCUT2D eigenvalue weighted by Gasteiger charge is 2.54. The summed E-state index contributed by atoms with van der Waals surface area (Å²) in [6.07, 6.45) is 13.0. The van der Waals surface area contributed by atoms with Gasteiger partial charge in [0.1, 0.15) is 5.60 Å². The van der Waals surface area contributed by atoms with Crippen LogP contribution in [0.1, 0.15) is 39.0 Å². The van der Waals surface area contributed by atoms with Crippen LogP contribution in [0.4, 0.5) is 0 Å². The van der Waals surface area contributed by atoms with Crippen molar-refractivity contribution >= 4 is 0 Å². The van der Waals surface area contributed by atoms with Gasteiger partial charge in [0.05, 0.1) is 5.70 Å². The molecule has 3 nitrogen and oxygen atoms in total. The molecule has 0 aromatic heterocycles. The van der Waals surface area contributed by atoms with Crippen molar-refractivity contribution < 1.29 is 4.74 Å². The molecule has 0 aromatic rings. The summed E-state index contributed by atoms with van der Waals surface area (Å²) in [5.41, 5.74) is 4.20. The third-order valence-corrected chi connectivity index (χ3v) is 7.25. The molecule has 3 heteroatoms. The van der Waals surface area contributed by atoms with E-state index in [1.54, 1.807) is 5.57 Å². The molecule has 1 N–H and O–H groups in total. The second-order valence-electron chi connectivity index (χ2n) is 8.11. The van der Waals surface area contributed by atoms with Crippen molar-refractivity contribution in [3.63, 3.8) is 0 Å². The summed E-state index contributed by atoms with van der Waals surface area (Å²) in [4.78, 5) is 2.82. The molecule has 23 heavy (non-hydrogen) atoms. The largest absolute Gasteiger partial charge is 0.367 e. The number of piperidine rings is 2. The van der Waals surface area contributed by atoms with Gasteiger partial charge in [0.25, 0.3) is 0 Å². The van der Waals surface area contributed by atoms with Crippen molar-refractivity contribution in [1.29, 1.82) is 0 Å². The van der Waals surface area contributed by atoms with Gasteiger partial charge in [-0.3, -0.25) is 4.90 Å². The Labute approximate surface area is 139 Å². The van der Waals surface area contributed by atoms with Crippen LogP contribution in [0.15, 0.2) is 35.2 Å². The Morgan fingerprint density at radius 3 is 3.13 bits per heavy atom. The maximum Gasteiger partial charge on any atom is 0.134 e. The minimum atomic E-state index is -0.191. The predicted molar refractivity (Wildman–Crippen MR) is 91.7 cm³/mol. The summed E-state index contributed by atoms with van der Waals surface area (Å²) in [5, 5.41) is 3.85. The summed E-state index contributed by atoms with van der Waals surface area (Å²) in [6.45, 7) is 4.94. The zero-order chi connectivity index (χ0) is 15.6. The quantitative estimate of drug-likeness (QED) is 0.847. The average Bonchev–Trinajstić information content (AvgIpc) is 2.88. The van der Waals surface area contributed by atoms with Gasteiger partial charge in [-0.1, -0.05) is 25.5 Å². The summed E-state index contributed by atoms with van der Waals surface area (Å²) in [7, 11) is 1.89. The molecule has 4 heterocycles. The minimum absolute atomic E-state index is 0.191. The lowest BCUT2D eigenvalue weighted by atomic mass is 9.65. The lowest BCUT2D eigenvalue weighted by molar-refractivity contribution is -0.0290. The van der Waals surface area contributed by atoms with Crippen LogP contribution < -0.4 is 5.32 Å². The average molecular weight is 312 g/mol. The number of hydrogen-bond donors (Lipinski definition) is 1. The van der Waals surface area contributed by atoms with Crippen molar-refractivity contribution in [2.24, 2.45) is 17.8 Å². The highest BCUT2D eigenvalue weighted by atomic mass is 16.5. The second kappa shape index (κ2) is 4.97. The predicted octanol–water partition coefficient (Wildman–Crippen LogP) is 3.21. The van der Waals surface area contributed by atoms with Crippen LogP contribution in [-0.4, -0.2) is 36.7 Å². The van der Waals surface area contributed by atoms with Gasteiger partial charge in [-0.25, -0.2) is 0 Å². The van der Waals surface area contributed by atoms with E-state index in [4.69, 9.17) is 4.74 Å². The molecule has 0 spiro atoms. The second-order valence-corrected chi connectivity index (χ2v) is 8.11. The highest BCUT2D eigenvalue weighted by molar-refractivity contribution is 5.50. The lowest BCUT2D eigenvalue weighted by Gasteiger charge is -2.53. The zero-order valence-corrected chi connectivity index (χ0v) is 14.3. The number of fused-ring (bicyclic) bond motifs is 3. The van der Waals surface area contributed by atoms with E-state index in [0.29, 0.717) is 5.92 Å². The first-order valence-corrected chi connectivity index (χ1v) is 9.44. The zero-order valence-electron chi connectivity index (χ0n) is 14.3. The van der Waals surface area contributed by atoms with E-state index in [2.05, 4.69) is 35.4 Å². The molecule has 2 saturated heterocycles. The van der Waals surface area contributed by atoms with Crippen molar-refractivity contribution in [2.45, 2.75) is 50.7 Å². The van der Waals surface area contributed by atoms with Gasteiger partial charge >= 0.3 is 0 Å². The maximum absolute atomic E-state index is 6.15. The fourth-order valence-electron chi connectivity index (χ4n) is 6.32. The van der Waals surface area contributed by atoms with Crippen molar-refractivity contribution in [2.75, 3.05) is 20.2 Å². The number of methoxy groups -OCH3 is 1. The molecule has 6 aliphatic rings. The highest BCUT2D eigenvalue weighted by Crippen LogP contribution is 2.53. The standard InChI is InChI=1S/C20H28N2O/c1-3-14-10-13-11-15-18-16(7-9-22(12-13)19(14)15)20(23-2)8-5-4-6-17(20)21-18/h4-6,13-15,19,21H,3,7-12H2,1-2H3/t13-,14+,15+,19+,20?/m1/s1. The minimum Gasteiger partial charge on any atom is -0.367 e. The summed E-state index contributed by atoms with van der Waals surface area (Å²) in [5.74, 6) is 2.48. The molecule has 2 aliphatic carbocycles. The first-order valence-electron chi connectivity index (χ1n) is 9.44. The number of rotatable bonds is 2. The number of nitrogens with zero attached hydrogens (tertiary/aromatic N) is 1. The van der Waals surface area contributed by atoms with E-state index < -0.39 is 0 Å². The molecule has 1 saturated carbocycles. The van der Waals surface area contributed by atoms with Crippen LogP contribution >= 0.6 is 0 Å². The summed E-state index contributed by atoms with van der Waals surface area (Å²) < 4.78 is 6.15. The van der Waals surface area contributed by atoms with E-state index >= 15 is 0 Å². The molecule has 6 rings (SSSR count). The Bertz CT molecular complexity index is 619. The number of nitrogens with one attached hydrogen (secondary N) is 1. The van der Waals surface area contributed by atoms with Gasteiger partial charge in [0.15, 0.2) is 0 Å². The smallest absolute Gasteiger partial charge is 0.134 e. The van der Waals surface area contributed by atoms with Crippen molar-refractivity contribution in [3.05, 3.63) is 35.2 Å². The Morgan fingerprint density at radius 1 is 1.39 bits per heavy atom. The molecule has 2 unspecified atom stereocenters. The van der Waals surface area contributed by atoms with Crippen molar-refractivity contribution in [3.8, 4) is 0 Å². The van der Waals surface area contributed by atoms with E-state index in [0.717, 1.165) is 30.7 Å². The molecule has 6 atom stereocenters. The van der Waals surface area contributed by atoms with Gasteiger partial charge < -0.3 is 10.1 Å². The maximum atomic E-state index is 6.15. The van der Waals surface area contributed by atoms with Crippen LogP contribution in [0.3, 0.4) is 0 Å². The molecular formula is C20H28N2O. The molecule has 4 bridgehead atoms. The van der Waals surface area contributed by atoms with Crippen LogP contribution in [0.2, 0.25) is 0 Å². The SMILES string of the molecule is CC[C@H]1C[C@@H]2C[C@H]3C4=C(CCN(C2)[C@@H]13)C1(OC)CC=CC=C1N4. The molecule has 0 radical (unpaired) electrons. The Kier molecular flexibility index (Phi) is 3.09. The first kappa shape index (κ1) is 14.3. The lowest BCUT2D eigenvalue weighted by Crippen LogP contribution is -2.58. The Balaban J connectivity index is 1.60. The van der Waals surface area contributed by atoms with Crippen LogP contribution in [-0.2, 0) is 4.74 Å². The fraction of sp³-hybridized carbons (Fsp3) is 0.700. The molecule has 3 fully saturated rings. The molecule has 0 amide bonds. The van der Waals surface area contributed by atoms with Crippen LogP contribution in [0, 0.1) is 17.8 Å². The van der Waals surface area contributed by atoms with Gasteiger partial charge in [0, 0.05) is 44.3 Å². The number of hydrogen-bond acceptors (Lipinski definition) is 3. The molecule has 124 valence electrons. The fourth-order valence-corrected chi connectivity index (χ4v) is 6.32. The van der Waals surface area contributed by atoms with Gasteiger partial charge in [-0.05, 0) is 42.7 Å². The van der Waals surface area contributed by atoms with E-state index in [1.807, 2.05) is 7.11 Å². The molecular weight excluding hydrogens is 284 g/mol. The van der Waals surface area contributed by atoms with E-state index in [9.17, 15) is 0 Å². The Hall–Kier alpha value is -1.06. The Morgan fingerprint density at radius 2 is 2.30 bits per heavy atom.